The number of aromatic nitrogens is 2. The number of hydrogen-bond acceptors (Lipinski definition) is 5. The van der Waals surface area contributed by atoms with Gasteiger partial charge in [-0.25, -0.2) is 9.37 Å². The van der Waals surface area contributed by atoms with Crippen molar-refractivity contribution in [2.75, 3.05) is 12.3 Å². The lowest BCUT2D eigenvalue weighted by atomic mass is 10.1. The standard InChI is InChI=1S/C20H20FN3O2S/c1-12-18-16(11-17(13-3-4-13)23-20(18)26-24-12)19(25)22-9-2-10-27-15-7-5-14(21)6-8-15/h5-8,11,13H,2-4,9-10H2,1H3,(H,22,25). The van der Waals surface area contributed by atoms with Crippen LogP contribution >= 0.6 is 11.8 Å². The van der Waals surface area contributed by atoms with Crippen LogP contribution in [0.4, 0.5) is 4.39 Å². The van der Waals surface area contributed by atoms with Crippen molar-refractivity contribution in [3.63, 3.8) is 0 Å². The van der Waals surface area contributed by atoms with Gasteiger partial charge in [0, 0.05) is 23.1 Å². The van der Waals surface area contributed by atoms with Gasteiger partial charge in [0.25, 0.3) is 11.6 Å². The number of nitrogens with one attached hydrogen (secondary N) is 1. The summed E-state index contributed by atoms with van der Waals surface area (Å²) < 4.78 is 18.2. The van der Waals surface area contributed by atoms with Gasteiger partial charge in [0.2, 0.25) is 0 Å². The van der Waals surface area contributed by atoms with Gasteiger partial charge in [-0.2, -0.15) is 0 Å². The molecule has 0 unspecified atom stereocenters. The molecule has 5 nitrogen and oxygen atoms in total. The molecule has 0 bridgehead atoms. The molecule has 1 saturated carbocycles. The Kier molecular flexibility index (Phi) is 5.11. The van der Waals surface area contributed by atoms with E-state index in [-0.39, 0.29) is 11.7 Å². The number of rotatable bonds is 7. The van der Waals surface area contributed by atoms with E-state index in [1.54, 1.807) is 23.9 Å². The normalized spacial score (nSPS) is 13.9. The number of aryl methyl sites for hydroxylation is 1. The minimum absolute atomic E-state index is 0.123. The first-order valence-electron chi connectivity index (χ1n) is 9.05. The maximum Gasteiger partial charge on any atom is 0.259 e. The van der Waals surface area contributed by atoms with Crippen molar-refractivity contribution in [3.8, 4) is 0 Å². The van der Waals surface area contributed by atoms with E-state index in [1.165, 1.54) is 12.1 Å². The molecule has 1 aromatic carbocycles. The third kappa shape index (κ3) is 4.13. The number of benzene rings is 1. The highest BCUT2D eigenvalue weighted by Gasteiger charge is 2.28. The van der Waals surface area contributed by atoms with Gasteiger partial charge in [-0.3, -0.25) is 4.79 Å². The fourth-order valence-electron chi connectivity index (χ4n) is 2.97. The van der Waals surface area contributed by atoms with Crippen LogP contribution in [0.1, 0.15) is 46.9 Å². The monoisotopic (exact) mass is 385 g/mol. The molecule has 140 valence electrons. The molecule has 7 heteroatoms. The summed E-state index contributed by atoms with van der Waals surface area (Å²) >= 11 is 1.64. The van der Waals surface area contributed by atoms with E-state index in [0.29, 0.717) is 34.8 Å². The number of thioether (sulfide) groups is 1. The van der Waals surface area contributed by atoms with Gasteiger partial charge < -0.3 is 9.84 Å². The quantitative estimate of drug-likeness (QED) is 0.480. The largest absolute Gasteiger partial charge is 0.352 e. The van der Waals surface area contributed by atoms with E-state index in [2.05, 4.69) is 15.5 Å². The number of hydrogen-bond donors (Lipinski definition) is 1. The molecule has 0 spiro atoms. The van der Waals surface area contributed by atoms with E-state index in [1.807, 2.05) is 13.0 Å². The second-order valence-electron chi connectivity index (χ2n) is 6.73. The fraction of sp³-hybridized carbons (Fsp3) is 0.350. The predicted octanol–water partition coefficient (Wildman–Crippen LogP) is 4.46. The molecule has 2 heterocycles. The Morgan fingerprint density at radius 2 is 2.11 bits per heavy atom. The van der Waals surface area contributed by atoms with Crippen LogP contribution in [0.15, 0.2) is 39.8 Å². The number of pyridine rings is 1. The average molecular weight is 385 g/mol. The summed E-state index contributed by atoms with van der Waals surface area (Å²) in [6.07, 6.45) is 3.03. The van der Waals surface area contributed by atoms with Gasteiger partial charge in [0.1, 0.15) is 5.82 Å². The Labute approximate surface area is 160 Å². The van der Waals surface area contributed by atoms with Crippen LogP contribution in [-0.2, 0) is 0 Å². The number of carbonyl (C=O) groups excluding carboxylic acids is 1. The lowest BCUT2D eigenvalue weighted by molar-refractivity contribution is 0.0955. The molecule has 1 aliphatic rings. The molecule has 1 fully saturated rings. The number of fused-ring (bicyclic) bond motifs is 1. The van der Waals surface area contributed by atoms with Crippen molar-refractivity contribution in [2.45, 2.75) is 37.0 Å². The minimum atomic E-state index is -0.232. The van der Waals surface area contributed by atoms with Crippen molar-refractivity contribution in [2.24, 2.45) is 0 Å². The highest BCUT2D eigenvalue weighted by atomic mass is 32.2. The maximum absolute atomic E-state index is 12.9. The summed E-state index contributed by atoms with van der Waals surface area (Å²) in [5, 5.41) is 7.63. The second kappa shape index (κ2) is 7.68. The summed E-state index contributed by atoms with van der Waals surface area (Å²) in [5.74, 6) is 0.919. The molecule has 2 aromatic heterocycles. The third-order valence-corrected chi connectivity index (χ3v) is 5.66. The summed E-state index contributed by atoms with van der Waals surface area (Å²) in [6, 6.07) is 8.32. The molecule has 0 aliphatic heterocycles. The Hall–Kier alpha value is -2.41. The zero-order chi connectivity index (χ0) is 18.8. The molecule has 27 heavy (non-hydrogen) atoms. The molecule has 0 radical (unpaired) electrons. The van der Waals surface area contributed by atoms with E-state index in [4.69, 9.17) is 4.52 Å². The lowest BCUT2D eigenvalue weighted by Gasteiger charge is -2.08. The molecule has 0 atom stereocenters. The Morgan fingerprint density at radius 3 is 2.85 bits per heavy atom. The molecule has 4 rings (SSSR count). The second-order valence-corrected chi connectivity index (χ2v) is 7.90. The van der Waals surface area contributed by atoms with Gasteiger partial charge in [-0.05, 0) is 62.3 Å². The lowest BCUT2D eigenvalue weighted by Crippen LogP contribution is -2.25. The first-order valence-corrected chi connectivity index (χ1v) is 10.0. The number of amides is 1. The van der Waals surface area contributed by atoms with Crippen molar-refractivity contribution >= 4 is 28.8 Å². The number of nitrogens with zero attached hydrogens (tertiary/aromatic N) is 2. The molecule has 0 saturated heterocycles. The van der Waals surface area contributed by atoms with E-state index in [0.717, 1.165) is 35.6 Å². The average Bonchev–Trinajstić information content (AvgIpc) is 3.46. The Balaban J connectivity index is 1.36. The molecule has 1 amide bonds. The van der Waals surface area contributed by atoms with Crippen LogP contribution in [0, 0.1) is 12.7 Å². The van der Waals surface area contributed by atoms with Crippen LogP contribution in [0.3, 0.4) is 0 Å². The fourth-order valence-corrected chi connectivity index (χ4v) is 3.82. The van der Waals surface area contributed by atoms with E-state index in [9.17, 15) is 9.18 Å². The SMILES string of the molecule is Cc1noc2nc(C3CC3)cc(C(=O)NCCCSc3ccc(F)cc3)c12. The topological polar surface area (TPSA) is 68.0 Å². The summed E-state index contributed by atoms with van der Waals surface area (Å²) in [7, 11) is 0. The Bertz CT molecular complexity index is 967. The third-order valence-electron chi connectivity index (χ3n) is 4.57. The van der Waals surface area contributed by atoms with Crippen molar-refractivity contribution in [3.05, 3.63) is 53.1 Å². The van der Waals surface area contributed by atoms with Crippen LogP contribution in [0.2, 0.25) is 0 Å². The zero-order valence-electron chi connectivity index (χ0n) is 15.0. The van der Waals surface area contributed by atoms with Gasteiger partial charge in [0.15, 0.2) is 0 Å². The van der Waals surface area contributed by atoms with Gasteiger partial charge in [-0.15, -0.1) is 11.8 Å². The first kappa shape index (κ1) is 18.0. The van der Waals surface area contributed by atoms with Crippen molar-refractivity contribution in [1.29, 1.82) is 0 Å². The Morgan fingerprint density at radius 1 is 1.33 bits per heavy atom. The first-order chi connectivity index (χ1) is 13.1. The van der Waals surface area contributed by atoms with E-state index < -0.39 is 0 Å². The van der Waals surface area contributed by atoms with Crippen LogP contribution in [-0.4, -0.2) is 28.3 Å². The number of carbonyl (C=O) groups is 1. The molecular formula is C20H20FN3O2S. The summed E-state index contributed by atoms with van der Waals surface area (Å²) in [6.45, 7) is 2.39. The van der Waals surface area contributed by atoms with Crippen LogP contribution in [0.25, 0.3) is 11.1 Å². The summed E-state index contributed by atoms with van der Waals surface area (Å²) in [4.78, 5) is 18.3. The molecule has 1 aliphatic carbocycles. The molecular weight excluding hydrogens is 365 g/mol. The maximum atomic E-state index is 12.9. The van der Waals surface area contributed by atoms with Gasteiger partial charge in [-0.1, -0.05) is 5.16 Å². The molecule has 3 aromatic rings. The highest BCUT2D eigenvalue weighted by molar-refractivity contribution is 7.99. The van der Waals surface area contributed by atoms with E-state index >= 15 is 0 Å². The van der Waals surface area contributed by atoms with Crippen LogP contribution in [0.5, 0.6) is 0 Å². The highest BCUT2D eigenvalue weighted by Crippen LogP contribution is 2.40. The summed E-state index contributed by atoms with van der Waals surface area (Å²) in [5.41, 5.74) is 2.62. The smallest absolute Gasteiger partial charge is 0.259 e. The van der Waals surface area contributed by atoms with Gasteiger partial charge >= 0.3 is 0 Å². The van der Waals surface area contributed by atoms with Crippen molar-refractivity contribution < 1.29 is 13.7 Å². The predicted molar refractivity (Wildman–Crippen MR) is 103 cm³/mol. The number of halogens is 1. The van der Waals surface area contributed by atoms with Gasteiger partial charge in [0.05, 0.1) is 16.6 Å². The molecule has 1 N–H and O–H groups in total. The minimum Gasteiger partial charge on any atom is -0.352 e. The van der Waals surface area contributed by atoms with Crippen molar-refractivity contribution in [1.82, 2.24) is 15.5 Å². The van der Waals surface area contributed by atoms with Crippen LogP contribution < -0.4 is 5.32 Å². The zero-order valence-corrected chi connectivity index (χ0v) is 15.8.